The molecular formula is C8H9N3O. The first-order valence-electron chi connectivity index (χ1n) is 3.79. The molecule has 0 amide bonds. The standard InChI is InChI=1S/C8H9N3O/c9-8-7(10-12-11-8)6-4-2-1-3-5-6/h1-4,6H,5H2,(H2,9,11). The third-order valence-electron chi connectivity index (χ3n) is 1.87. The van der Waals surface area contributed by atoms with Gasteiger partial charge in [-0.1, -0.05) is 29.5 Å². The molecule has 0 spiro atoms. The van der Waals surface area contributed by atoms with Gasteiger partial charge in [0.05, 0.1) is 0 Å². The Hall–Kier alpha value is -1.58. The van der Waals surface area contributed by atoms with Gasteiger partial charge in [0.25, 0.3) is 0 Å². The van der Waals surface area contributed by atoms with Crippen LogP contribution in [-0.2, 0) is 0 Å². The second-order valence-corrected chi connectivity index (χ2v) is 2.69. The van der Waals surface area contributed by atoms with Crippen molar-refractivity contribution in [1.82, 2.24) is 10.3 Å². The molecule has 1 unspecified atom stereocenters. The summed E-state index contributed by atoms with van der Waals surface area (Å²) in [5, 5.41) is 7.27. The van der Waals surface area contributed by atoms with Crippen LogP contribution in [0.15, 0.2) is 28.9 Å². The third kappa shape index (κ3) is 1.11. The molecule has 0 saturated carbocycles. The van der Waals surface area contributed by atoms with Crippen LogP contribution in [0.3, 0.4) is 0 Å². The van der Waals surface area contributed by atoms with E-state index >= 15 is 0 Å². The fraction of sp³-hybridized carbons (Fsp3) is 0.250. The number of nitrogens with two attached hydrogens (primary N) is 1. The van der Waals surface area contributed by atoms with E-state index < -0.39 is 0 Å². The van der Waals surface area contributed by atoms with E-state index in [4.69, 9.17) is 5.73 Å². The van der Waals surface area contributed by atoms with Crippen LogP contribution in [0.5, 0.6) is 0 Å². The molecule has 1 aliphatic rings. The van der Waals surface area contributed by atoms with Gasteiger partial charge in [0.1, 0.15) is 5.69 Å². The topological polar surface area (TPSA) is 64.9 Å². The van der Waals surface area contributed by atoms with Crippen molar-refractivity contribution >= 4 is 5.82 Å². The van der Waals surface area contributed by atoms with E-state index in [1.54, 1.807) is 0 Å². The molecule has 0 aliphatic heterocycles. The number of allylic oxidation sites excluding steroid dienone is 4. The minimum absolute atomic E-state index is 0.223. The van der Waals surface area contributed by atoms with Gasteiger partial charge < -0.3 is 5.73 Å². The van der Waals surface area contributed by atoms with Crippen molar-refractivity contribution in [3.8, 4) is 0 Å². The predicted octanol–water partition coefficient (Wildman–Crippen LogP) is 1.25. The van der Waals surface area contributed by atoms with Crippen molar-refractivity contribution in [1.29, 1.82) is 0 Å². The SMILES string of the molecule is Nc1nonc1C1C=CC=CC1. The Kier molecular flexibility index (Phi) is 1.66. The zero-order valence-electron chi connectivity index (χ0n) is 6.47. The maximum atomic E-state index is 5.55. The highest BCUT2D eigenvalue weighted by atomic mass is 16.6. The Balaban J connectivity index is 2.26. The molecule has 1 aromatic rings. The molecule has 0 radical (unpaired) electrons. The molecule has 2 N–H and O–H groups in total. The molecular weight excluding hydrogens is 154 g/mol. The van der Waals surface area contributed by atoms with Crippen LogP contribution in [0.1, 0.15) is 18.0 Å². The fourth-order valence-corrected chi connectivity index (χ4v) is 1.24. The average Bonchev–Trinajstić information content (AvgIpc) is 2.53. The molecule has 0 fully saturated rings. The summed E-state index contributed by atoms with van der Waals surface area (Å²) in [6.07, 6.45) is 8.99. The van der Waals surface area contributed by atoms with Gasteiger partial charge in [-0.25, -0.2) is 4.63 Å². The monoisotopic (exact) mass is 163 g/mol. The van der Waals surface area contributed by atoms with Crippen molar-refractivity contribution in [2.45, 2.75) is 12.3 Å². The van der Waals surface area contributed by atoms with Crippen LogP contribution in [-0.4, -0.2) is 10.3 Å². The summed E-state index contributed by atoms with van der Waals surface area (Å²) >= 11 is 0. The molecule has 62 valence electrons. The van der Waals surface area contributed by atoms with Crippen molar-refractivity contribution in [2.24, 2.45) is 0 Å². The second kappa shape index (κ2) is 2.81. The Morgan fingerprint density at radius 2 is 2.33 bits per heavy atom. The van der Waals surface area contributed by atoms with Crippen LogP contribution in [0.25, 0.3) is 0 Å². The molecule has 4 heteroatoms. The van der Waals surface area contributed by atoms with Gasteiger partial charge in [-0.3, -0.25) is 0 Å². The van der Waals surface area contributed by atoms with E-state index in [-0.39, 0.29) is 5.92 Å². The minimum Gasteiger partial charge on any atom is -0.379 e. The van der Waals surface area contributed by atoms with Gasteiger partial charge >= 0.3 is 0 Å². The largest absolute Gasteiger partial charge is 0.379 e. The highest BCUT2D eigenvalue weighted by Gasteiger charge is 2.16. The van der Waals surface area contributed by atoms with Crippen LogP contribution in [0.4, 0.5) is 5.82 Å². The molecule has 1 heterocycles. The molecule has 1 aromatic heterocycles. The van der Waals surface area contributed by atoms with E-state index in [0.717, 1.165) is 12.1 Å². The number of aromatic nitrogens is 2. The Morgan fingerprint density at radius 1 is 1.42 bits per heavy atom. The first-order chi connectivity index (χ1) is 5.88. The molecule has 1 aliphatic carbocycles. The second-order valence-electron chi connectivity index (χ2n) is 2.69. The lowest BCUT2D eigenvalue weighted by Crippen LogP contribution is -2.00. The molecule has 0 saturated heterocycles. The third-order valence-corrected chi connectivity index (χ3v) is 1.87. The molecule has 2 rings (SSSR count). The lowest BCUT2D eigenvalue weighted by Gasteiger charge is -2.08. The van der Waals surface area contributed by atoms with Crippen molar-refractivity contribution in [3.05, 3.63) is 30.0 Å². The Bertz CT molecular complexity index is 327. The first-order valence-corrected chi connectivity index (χ1v) is 3.79. The van der Waals surface area contributed by atoms with Crippen LogP contribution in [0, 0.1) is 0 Å². The number of hydrogen-bond donors (Lipinski definition) is 1. The van der Waals surface area contributed by atoms with E-state index in [1.807, 2.05) is 18.2 Å². The molecule has 12 heavy (non-hydrogen) atoms. The number of hydrogen-bond acceptors (Lipinski definition) is 4. The maximum Gasteiger partial charge on any atom is 0.192 e. The Morgan fingerprint density at radius 3 is 2.92 bits per heavy atom. The van der Waals surface area contributed by atoms with E-state index in [1.165, 1.54) is 0 Å². The summed E-state index contributed by atoms with van der Waals surface area (Å²) in [6, 6.07) is 0. The summed E-state index contributed by atoms with van der Waals surface area (Å²) in [5.74, 6) is 0.612. The summed E-state index contributed by atoms with van der Waals surface area (Å²) in [7, 11) is 0. The summed E-state index contributed by atoms with van der Waals surface area (Å²) in [5.41, 5.74) is 6.28. The molecule has 1 atom stereocenters. The zero-order valence-corrected chi connectivity index (χ0v) is 6.47. The van der Waals surface area contributed by atoms with Gasteiger partial charge in [-0.05, 0) is 11.6 Å². The highest BCUT2D eigenvalue weighted by Crippen LogP contribution is 2.25. The van der Waals surface area contributed by atoms with E-state index in [0.29, 0.717) is 5.82 Å². The van der Waals surface area contributed by atoms with Crippen LogP contribution in [0.2, 0.25) is 0 Å². The smallest absolute Gasteiger partial charge is 0.192 e. The Labute approximate surface area is 69.7 Å². The van der Waals surface area contributed by atoms with Crippen LogP contribution < -0.4 is 5.73 Å². The van der Waals surface area contributed by atoms with Gasteiger partial charge in [0.2, 0.25) is 0 Å². The highest BCUT2D eigenvalue weighted by molar-refractivity contribution is 5.38. The van der Waals surface area contributed by atoms with Crippen molar-refractivity contribution < 1.29 is 4.63 Å². The molecule has 0 aromatic carbocycles. The van der Waals surface area contributed by atoms with E-state index in [2.05, 4.69) is 21.0 Å². The molecule has 4 nitrogen and oxygen atoms in total. The number of rotatable bonds is 1. The molecule has 0 bridgehead atoms. The fourth-order valence-electron chi connectivity index (χ4n) is 1.24. The van der Waals surface area contributed by atoms with Gasteiger partial charge in [0, 0.05) is 5.92 Å². The number of nitrogen functional groups attached to an aromatic ring is 1. The maximum absolute atomic E-state index is 5.55. The van der Waals surface area contributed by atoms with Crippen molar-refractivity contribution in [2.75, 3.05) is 5.73 Å². The summed E-state index contributed by atoms with van der Waals surface area (Å²) in [6.45, 7) is 0. The minimum atomic E-state index is 0.223. The first kappa shape index (κ1) is 7.09. The lowest BCUT2D eigenvalue weighted by atomic mass is 9.97. The number of anilines is 1. The number of nitrogens with zero attached hydrogens (tertiary/aromatic N) is 2. The van der Waals surface area contributed by atoms with E-state index in [9.17, 15) is 0 Å². The summed E-state index contributed by atoms with van der Waals surface area (Å²) < 4.78 is 4.52. The van der Waals surface area contributed by atoms with Gasteiger partial charge in [-0.2, -0.15) is 0 Å². The van der Waals surface area contributed by atoms with Crippen LogP contribution >= 0.6 is 0 Å². The lowest BCUT2D eigenvalue weighted by molar-refractivity contribution is 0.303. The summed E-state index contributed by atoms with van der Waals surface area (Å²) in [4.78, 5) is 0. The predicted molar refractivity (Wildman–Crippen MR) is 44.3 cm³/mol. The zero-order chi connectivity index (χ0) is 8.39. The normalized spacial score (nSPS) is 21.5. The average molecular weight is 163 g/mol. The van der Waals surface area contributed by atoms with Gasteiger partial charge in [-0.15, -0.1) is 0 Å². The van der Waals surface area contributed by atoms with Crippen molar-refractivity contribution in [3.63, 3.8) is 0 Å². The van der Waals surface area contributed by atoms with Gasteiger partial charge in [0.15, 0.2) is 5.82 Å². The quantitative estimate of drug-likeness (QED) is 0.676.